The Morgan fingerprint density at radius 1 is 1.20 bits per heavy atom. The lowest BCUT2D eigenvalue weighted by Gasteiger charge is -2.28. The minimum Gasteiger partial charge on any atom is -0.382 e. The van der Waals surface area contributed by atoms with E-state index in [9.17, 15) is 0 Å². The monoisotopic (exact) mass is 422 g/mol. The van der Waals surface area contributed by atoms with Gasteiger partial charge in [0.1, 0.15) is 17.9 Å². The first kappa shape index (κ1) is 22.8. The molecule has 30 heavy (non-hydrogen) atoms. The Labute approximate surface area is 177 Å². The Morgan fingerprint density at radius 2 is 1.97 bits per heavy atom. The molecule has 0 aliphatic carbocycles. The predicted molar refractivity (Wildman–Crippen MR) is 113 cm³/mol. The number of nitrogen functional groups attached to an aromatic ring is 1. The van der Waals surface area contributed by atoms with Crippen molar-refractivity contribution in [3.8, 4) is 0 Å². The number of rotatable bonds is 11. The SMILES string of the molecule is COOCCCCNCC(C)[C@H]1OC(C)(C)O[C@H]1C(C)n1cnc2c(N)ncnc21. The summed E-state index contributed by atoms with van der Waals surface area (Å²) in [6, 6.07) is -0.0373. The molecule has 0 radical (unpaired) electrons. The number of aromatic nitrogens is 4. The molecule has 0 spiro atoms. The number of nitrogens with one attached hydrogen (secondary N) is 1. The Morgan fingerprint density at radius 3 is 2.73 bits per heavy atom. The molecule has 2 unspecified atom stereocenters. The van der Waals surface area contributed by atoms with Gasteiger partial charge in [-0.2, -0.15) is 0 Å². The maximum atomic E-state index is 6.32. The fourth-order valence-corrected chi connectivity index (χ4v) is 3.90. The number of nitrogens with zero attached hydrogens (tertiary/aromatic N) is 4. The zero-order valence-corrected chi connectivity index (χ0v) is 18.5. The second-order valence-electron chi connectivity index (χ2n) is 8.27. The molecular weight excluding hydrogens is 388 g/mol. The molecule has 10 nitrogen and oxygen atoms in total. The van der Waals surface area contributed by atoms with Crippen LogP contribution in [0.2, 0.25) is 0 Å². The van der Waals surface area contributed by atoms with Crippen molar-refractivity contribution in [2.75, 3.05) is 32.5 Å². The summed E-state index contributed by atoms with van der Waals surface area (Å²) >= 11 is 0. The number of imidazole rings is 1. The molecule has 0 saturated carbocycles. The third-order valence-corrected chi connectivity index (χ3v) is 5.44. The van der Waals surface area contributed by atoms with E-state index in [0.717, 1.165) is 25.9 Å². The molecule has 2 aromatic heterocycles. The van der Waals surface area contributed by atoms with E-state index in [2.05, 4.69) is 39.0 Å². The van der Waals surface area contributed by atoms with Crippen LogP contribution in [0.1, 0.15) is 46.6 Å². The molecule has 0 amide bonds. The molecule has 3 heterocycles. The van der Waals surface area contributed by atoms with Crippen molar-refractivity contribution in [1.82, 2.24) is 24.8 Å². The maximum Gasteiger partial charge on any atom is 0.165 e. The quantitative estimate of drug-likeness (QED) is 0.319. The average Bonchev–Trinajstić information content (AvgIpc) is 3.28. The number of hydrogen-bond donors (Lipinski definition) is 2. The number of nitrogens with two attached hydrogens (primary N) is 1. The van der Waals surface area contributed by atoms with E-state index in [1.54, 1.807) is 6.33 Å². The average molecular weight is 423 g/mol. The molecule has 168 valence electrons. The summed E-state index contributed by atoms with van der Waals surface area (Å²) in [6.07, 6.45) is 4.95. The number of fused-ring (bicyclic) bond motifs is 1. The van der Waals surface area contributed by atoms with Gasteiger partial charge in [-0.05, 0) is 46.1 Å². The molecule has 1 aliphatic rings. The first-order valence-electron chi connectivity index (χ1n) is 10.5. The topological polar surface area (TPSA) is 119 Å². The van der Waals surface area contributed by atoms with Crippen LogP contribution in [0.3, 0.4) is 0 Å². The largest absolute Gasteiger partial charge is 0.382 e. The fraction of sp³-hybridized carbons (Fsp3) is 0.750. The Bertz CT molecular complexity index is 814. The molecule has 10 heteroatoms. The van der Waals surface area contributed by atoms with Gasteiger partial charge in [0, 0.05) is 6.54 Å². The van der Waals surface area contributed by atoms with Gasteiger partial charge in [0.2, 0.25) is 0 Å². The van der Waals surface area contributed by atoms with Gasteiger partial charge >= 0.3 is 0 Å². The zero-order chi connectivity index (χ0) is 21.7. The van der Waals surface area contributed by atoms with Crippen LogP contribution in [0.15, 0.2) is 12.7 Å². The van der Waals surface area contributed by atoms with E-state index in [4.69, 9.17) is 20.1 Å². The minimum absolute atomic E-state index is 0.0373. The smallest absolute Gasteiger partial charge is 0.165 e. The normalized spacial score (nSPS) is 23.1. The summed E-state index contributed by atoms with van der Waals surface area (Å²) in [6.45, 7) is 10.5. The number of ether oxygens (including phenoxy) is 2. The van der Waals surface area contributed by atoms with Gasteiger partial charge in [-0.15, -0.1) is 0 Å². The van der Waals surface area contributed by atoms with Crippen molar-refractivity contribution in [3.05, 3.63) is 12.7 Å². The van der Waals surface area contributed by atoms with E-state index < -0.39 is 5.79 Å². The molecule has 0 aromatic carbocycles. The van der Waals surface area contributed by atoms with E-state index in [-0.39, 0.29) is 24.2 Å². The highest BCUT2D eigenvalue weighted by atomic mass is 17.2. The second-order valence-corrected chi connectivity index (χ2v) is 8.27. The maximum absolute atomic E-state index is 6.32. The summed E-state index contributed by atoms with van der Waals surface area (Å²) in [5.74, 6) is -0.0245. The highest BCUT2D eigenvalue weighted by molar-refractivity contribution is 5.81. The van der Waals surface area contributed by atoms with Crippen LogP contribution in [0.5, 0.6) is 0 Å². The van der Waals surface area contributed by atoms with E-state index in [0.29, 0.717) is 23.6 Å². The molecule has 1 fully saturated rings. The van der Waals surface area contributed by atoms with Crippen molar-refractivity contribution >= 4 is 17.0 Å². The van der Waals surface area contributed by atoms with Gasteiger partial charge in [-0.3, -0.25) is 0 Å². The summed E-state index contributed by atoms with van der Waals surface area (Å²) in [4.78, 5) is 22.3. The first-order chi connectivity index (χ1) is 14.3. The highest BCUT2D eigenvalue weighted by Gasteiger charge is 2.46. The standard InChI is InChI=1S/C20H34N6O4/c1-13(10-22-8-6-7-9-28-27-5)16-17(30-20(3,4)29-16)14(2)26-12-25-15-18(21)23-11-24-19(15)26/h11-14,16-17,22H,6-10H2,1-5H3,(H2,21,23,24)/t13?,14?,16-,17+/m1/s1. The second kappa shape index (κ2) is 9.97. The minimum atomic E-state index is -0.653. The molecule has 3 rings (SSSR count). The Kier molecular flexibility index (Phi) is 7.59. The van der Waals surface area contributed by atoms with Crippen molar-refractivity contribution < 1.29 is 19.2 Å². The lowest BCUT2D eigenvalue weighted by Crippen LogP contribution is -2.39. The van der Waals surface area contributed by atoms with Crippen LogP contribution in [-0.4, -0.2) is 64.3 Å². The van der Waals surface area contributed by atoms with Gasteiger partial charge in [0.25, 0.3) is 0 Å². The molecule has 1 aliphatic heterocycles. The fourth-order valence-electron chi connectivity index (χ4n) is 3.90. The number of hydrogen-bond acceptors (Lipinski definition) is 9. The van der Waals surface area contributed by atoms with E-state index >= 15 is 0 Å². The molecule has 4 atom stereocenters. The first-order valence-corrected chi connectivity index (χ1v) is 10.5. The number of unbranched alkanes of at least 4 members (excludes halogenated alkanes) is 1. The highest BCUT2D eigenvalue weighted by Crippen LogP contribution is 2.38. The van der Waals surface area contributed by atoms with Crippen LogP contribution in [-0.2, 0) is 19.2 Å². The summed E-state index contributed by atoms with van der Waals surface area (Å²) in [5, 5.41) is 3.51. The third kappa shape index (κ3) is 5.25. The van der Waals surface area contributed by atoms with Crippen LogP contribution < -0.4 is 11.1 Å². The third-order valence-electron chi connectivity index (χ3n) is 5.44. The molecule has 1 saturated heterocycles. The van der Waals surface area contributed by atoms with Crippen molar-refractivity contribution in [2.24, 2.45) is 5.92 Å². The van der Waals surface area contributed by atoms with Crippen LogP contribution in [0, 0.1) is 5.92 Å². The summed E-state index contributed by atoms with van der Waals surface area (Å²) in [5.41, 5.74) is 7.25. The zero-order valence-electron chi connectivity index (χ0n) is 18.5. The van der Waals surface area contributed by atoms with Crippen LogP contribution in [0.4, 0.5) is 5.82 Å². The summed E-state index contributed by atoms with van der Waals surface area (Å²) < 4.78 is 14.6. The molecular formula is C20H34N6O4. The predicted octanol–water partition coefficient (Wildman–Crippen LogP) is 2.07. The summed E-state index contributed by atoms with van der Waals surface area (Å²) in [7, 11) is 1.52. The van der Waals surface area contributed by atoms with Gasteiger partial charge in [-0.25, -0.2) is 24.7 Å². The molecule has 2 aromatic rings. The van der Waals surface area contributed by atoms with Gasteiger partial charge in [0.05, 0.1) is 32.2 Å². The van der Waals surface area contributed by atoms with Gasteiger partial charge in [0.15, 0.2) is 17.3 Å². The molecule has 0 bridgehead atoms. The Balaban J connectivity index is 1.64. The number of anilines is 1. The Hall–Kier alpha value is -1.85. The molecule has 3 N–H and O–H groups in total. The van der Waals surface area contributed by atoms with E-state index in [1.165, 1.54) is 13.4 Å². The van der Waals surface area contributed by atoms with Crippen molar-refractivity contribution in [1.29, 1.82) is 0 Å². The van der Waals surface area contributed by atoms with Gasteiger partial charge in [-0.1, -0.05) is 6.92 Å². The lowest BCUT2D eigenvalue weighted by atomic mass is 9.95. The van der Waals surface area contributed by atoms with Crippen molar-refractivity contribution in [2.45, 2.75) is 64.6 Å². The lowest BCUT2D eigenvalue weighted by molar-refractivity contribution is -0.272. The van der Waals surface area contributed by atoms with Crippen molar-refractivity contribution in [3.63, 3.8) is 0 Å². The van der Waals surface area contributed by atoms with Crippen LogP contribution >= 0.6 is 0 Å². The van der Waals surface area contributed by atoms with E-state index in [1.807, 2.05) is 18.4 Å². The van der Waals surface area contributed by atoms with Crippen LogP contribution in [0.25, 0.3) is 11.2 Å². The van der Waals surface area contributed by atoms with Gasteiger partial charge < -0.3 is 25.1 Å².